The SMILES string of the molecule is O=C(Nc1nccs1)[C@H]1CC(=O)N(c2n[nH]c3cc(Br)ccc23)C1. The summed E-state index contributed by atoms with van der Waals surface area (Å²) in [5, 5.41) is 13.1. The van der Waals surface area contributed by atoms with Crippen LogP contribution in [-0.2, 0) is 9.59 Å². The molecule has 0 saturated carbocycles. The number of aromatic nitrogens is 3. The molecule has 0 aliphatic carbocycles. The van der Waals surface area contributed by atoms with Crippen LogP contribution >= 0.6 is 27.3 Å². The van der Waals surface area contributed by atoms with E-state index in [2.05, 4.69) is 36.4 Å². The summed E-state index contributed by atoms with van der Waals surface area (Å²) in [4.78, 5) is 30.3. The fourth-order valence-corrected chi connectivity index (χ4v) is 3.66. The molecule has 1 aliphatic rings. The van der Waals surface area contributed by atoms with E-state index >= 15 is 0 Å². The van der Waals surface area contributed by atoms with Gasteiger partial charge in [0.1, 0.15) is 0 Å². The van der Waals surface area contributed by atoms with Crippen LogP contribution in [0.3, 0.4) is 0 Å². The number of carbonyl (C=O) groups is 2. The van der Waals surface area contributed by atoms with Gasteiger partial charge >= 0.3 is 0 Å². The number of amides is 2. The van der Waals surface area contributed by atoms with E-state index < -0.39 is 5.92 Å². The molecule has 0 unspecified atom stereocenters. The molecule has 0 radical (unpaired) electrons. The van der Waals surface area contributed by atoms with Gasteiger partial charge in [-0.05, 0) is 18.2 Å². The Hall–Kier alpha value is -2.26. The van der Waals surface area contributed by atoms with Gasteiger partial charge in [-0.3, -0.25) is 19.6 Å². The van der Waals surface area contributed by atoms with Crippen molar-refractivity contribution >= 4 is 60.9 Å². The van der Waals surface area contributed by atoms with Crippen LogP contribution in [0.25, 0.3) is 10.9 Å². The maximum Gasteiger partial charge on any atom is 0.231 e. The maximum absolute atomic E-state index is 12.4. The Bertz CT molecular complexity index is 923. The Morgan fingerprint density at radius 3 is 3.12 bits per heavy atom. The van der Waals surface area contributed by atoms with Gasteiger partial charge in [0.2, 0.25) is 11.8 Å². The molecule has 3 heterocycles. The fourth-order valence-electron chi connectivity index (χ4n) is 2.76. The number of thiazole rings is 1. The molecule has 0 spiro atoms. The van der Waals surface area contributed by atoms with Crippen molar-refractivity contribution in [3.05, 3.63) is 34.2 Å². The summed E-state index contributed by atoms with van der Waals surface area (Å²) in [6, 6.07) is 5.70. The maximum atomic E-state index is 12.4. The number of hydrogen-bond donors (Lipinski definition) is 2. The number of benzene rings is 1. The predicted octanol–water partition coefficient (Wildman–Crippen LogP) is 2.77. The molecule has 4 rings (SSSR count). The quantitative estimate of drug-likeness (QED) is 0.700. The van der Waals surface area contributed by atoms with Gasteiger partial charge in [-0.25, -0.2) is 4.98 Å². The lowest BCUT2D eigenvalue weighted by molar-refractivity contribution is -0.122. The van der Waals surface area contributed by atoms with E-state index in [4.69, 9.17) is 0 Å². The van der Waals surface area contributed by atoms with E-state index in [1.807, 2.05) is 18.2 Å². The third kappa shape index (κ3) is 2.69. The molecule has 9 heteroatoms. The number of aromatic amines is 1. The Morgan fingerprint density at radius 1 is 1.46 bits per heavy atom. The highest BCUT2D eigenvalue weighted by molar-refractivity contribution is 9.10. The average molecular weight is 406 g/mol. The first-order chi connectivity index (χ1) is 11.6. The summed E-state index contributed by atoms with van der Waals surface area (Å²) >= 11 is 4.76. The van der Waals surface area contributed by atoms with Crippen LogP contribution < -0.4 is 10.2 Å². The fraction of sp³-hybridized carbons (Fsp3) is 0.200. The van der Waals surface area contributed by atoms with E-state index in [0.29, 0.717) is 17.5 Å². The Morgan fingerprint density at radius 2 is 2.33 bits per heavy atom. The zero-order valence-electron chi connectivity index (χ0n) is 12.3. The number of carbonyl (C=O) groups excluding carboxylic acids is 2. The smallest absolute Gasteiger partial charge is 0.231 e. The monoisotopic (exact) mass is 405 g/mol. The molecule has 2 aromatic heterocycles. The Balaban J connectivity index is 1.56. The number of nitrogens with one attached hydrogen (secondary N) is 2. The van der Waals surface area contributed by atoms with Crippen molar-refractivity contribution in [1.82, 2.24) is 15.2 Å². The van der Waals surface area contributed by atoms with Crippen molar-refractivity contribution < 1.29 is 9.59 Å². The Labute approximate surface area is 149 Å². The van der Waals surface area contributed by atoms with Crippen molar-refractivity contribution in [2.75, 3.05) is 16.8 Å². The number of nitrogens with zero attached hydrogens (tertiary/aromatic N) is 3. The summed E-state index contributed by atoms with van der Waals surface area (Å²) in [5.41, 5.74) is 0.836. The summed E-state index contributed by atoms with van der Waals surface area (Å²) in [6.45, 7) is 0.312. The van der Waals surface area contributed by atoms with E-state index in [-0.39, 0.29) is 18.2 Å². The summed E-state index contributed by atoms with van der Waals surface area (Å²) in [7, 11) is 0. The van der Waals surface area contributed by atoms with Crippen LogP contribution in [0.4, 0.5) is 10.9 Å². The van der Waals surface area contributed by atoms with Crippen molar-refractivity contribution in [1.29, 1.82) is 0 Å². The van der Waals surface area contributed by atoms with Crippen molar-refractivity contribution in [2.45, 2.75) is 6.42 Å². The molecule has 1 atom stereocenters. The second kappa shape index (κ2) is 5.99. The molecule has 2 N–H and O–H groups in total. The van der Waals surface area contributed by atoms with Gasteiger partial charge in [0.15, 0.2) is 10.9 Å². The van der Waals surface area contributed by atoms with Crippen LogP contribution in [-0.4, -0.2) is 33.5 Å². The van der Waals surface area contributed by atoms with Crippen LogP contribution in [0.15, 0.2) is 34.2 Å². The van der Waals surface area contributed by atoms with Gasteiger partial charge in [0, 0.05) is 34.4 Å². The molecule has 1 saturated heterocycles. The van der Waals surface area contributed by atoms with Gasteiger partial charge < -0.3 is 5.32 Å². The van der Waals surface area contributed by atoms with Gasteiger partial charge in [0.25, 0.3) is 0 Å². The van der Waals surface area contributed by atoms with Gasteiger partial charge in [0.05, 0.1) is 11.4 Å². The highest BCUT2D eigenvalue weighted by Crippen LogP contribution is 2.31. The average Bonchev–Trinajstić information content (AvgIpc) is 3.26. The second-order valence-corrected chi connectivity index (χ2v) is 7.28. The first kappa shape index (κ1) is 15.3. The largest absolute Gasteiger partial charge is 0.302 e. The van der Waals surface area contributed by atoms with Crippen LogP contribution in [0.2, 0.25) is 0 Å². The molecule has 3 aromatic rings. The van der Waals surface area contributed by atoms with Gasteiger partial charge in [-0.2, -0.15) is 5.10 Å². The van der Waals surface area contributed by atoms with E-state index in [1.54, 1.807) is 16.5 Å². The molecule has 1 aliphatic heterocycles. The summed E-state index contributed by atoms with van der Waals surface area (Å²) in [5.74, 6) is -0.148. The minimum absolute atomic E-state index is 0.106. The predicted molar refractivity (Wildman–Crippen MR) is 95.0 cm³/mol. The number of fused-ring (bicyclic) bond motifs is 1. The minimum atomic E-state index is -0.413. The number of H-pyrrole nitrogens is 1. The van der Waals surface area contributed by atoms with Gasteiger partial charge in [-0.15, -0.1) is 11.3 Å². The van der Waals surface area contributed by atoms with E-state index in [0.717, 1.165) is 15.4 Å². The standard InChI is InChI=1S/C15H12BrN5O2S/c16-9-1-2-10-11(6-9)19-20-13(10)21-7-8(5-12(21)22)14(23)18-15-17-3-4-24-15/h1-4,6,8H,5,7H2,(H,19,20)(H,17,18,23)/t8-/m0/s1. The number of hydrogen-bond acceptors (Lipinski definition) is 5. The lowest BCUT2D eigenvalue weighted by Crippen LogP contribution is -2.28. The topological polar surface area (TPSA) is 91.0 Å². The van der Waals surface area contributed by atoms with Crippen molar-refractivity contribution in [2.24, 2.45) is 5.92 Å². The highest BCUT2D eigenvalue weighted by atomic mass is 79.9. The molecular weight excluding hydrogens is 394 g/mol. The lowest BCUT2D eigenvalue weighted by Gasteiger charge is -2.13. The minimum Gasteiger partial charge on any atom is -0.302 e. The van der Waals surface area contributed by atoms with Crippen molar-refractivity contribution in [3.8, 4) is 0 Å². The first-order valence-electron chi connectivity index (χ1n) is 7.26. The molecular formula is C15H12BrN5O2S. The molecule has 7 nitrogen and oxygen atoms in total. The molecule has 1 fully saturated rings. The third-order valence-corrected chi connectivity index (χ3v) is 5.10. The Kier molecular flexibility index (Phi) is 3.81. The number of halogens is 1. The van der Waals surface area contributed by atoms with Gasteiger partial charge in [-0.1, -0.05) is 15.9 Å². The zero-order chi connectivity index (χ0) is 16.7. The second-order valence-electron chi connectivity index (χ2n) is 5.47. The van der Waals surface area contributed by atoms with Crippen LogP contribution in [0, 0.1) is 5.92 Å². The molecule has 24 heavy (non-hydrogen) atoms. The highest BCUT2D eigenvalue weighted by Gasteiger charge is 2.37. The van der Waals surface area contributed by atoms with Crippen LogP contribution in [0.5, 0.6) is 0 Å². The van der Waals surface area contributed by atoms with Crippen molar-refractivity contribution in [3.63, 3.8) is 0 Å². The third-order valence-electron chi connectivity index (χ3n) is 3.92. The lowest BCUT2D eigenvalue weighted by atomic mass is 10.1. The first-order valence-corrected chi connectivity index (χ1v) is 8.93. The zero-order valence-corrected chi connectivity index (χ0v) is 14.7. The molecule has 2 amide bonds. The van der Waals surface area contributed by atoms with E-state index in [1.165, 1.54) is 11.3 Å². The number of anilines is 2. The summed E-state index contributed by atoms with van der Waals surface area (Å²) in [6.07, 6.45) is 1.79. The van der Waals surface area contributed by atoms with Crippen LogP contribution in [0.1, 0.15) is 6.42 Å². The van der Waals surface area contributed by atoms with E-state index in [9.17, 15) is 9.59 Å². The normalized spacial score (nSPS) is 17.6. The summed E-state index contributed by atoms with van der Waals surface area (Å²) < 4.78 is 0.929. The molecule has 1 aromatic carbocycles. The number of rotatable bonds is 3. The molecule has 0 bridgehead atoms. The molecule has 122 valence electrons.